The number of nitrogens with two attached hydrogens (primary N) is 1. The van der Waals surface area contributed by atoms with Crippen LogP contribution in [0.15, 0.2) is 11.1 Å². The number of primary sulfonamides is 1. The fourth-order valence-corrected chi connectivity index (χ4v) is 1.24. The largest absolute Gasteiger partial charge is 0.393 e. The average molecular weight is 177 g/mol. The van der Waals surface area contributed by atoms with Crippen LogP contribution in [0.1, 0.15) is 6.92 Å². The van der Waals surface area contributed by atoms with Crippen LogP contribution < -0.4 is 10.5 Å². The summed E-state index contributed by atoms with van der Waals surface area (Å²) in [7, 11) is -2.22. The molecule has 0 heterocycles. The third-order valence-corrected chi connectivity index (χ3v) is 1.99. The maximum Gasteiger partial charge on any atom is 0.241 e. The lowest BCUT2D eigenvalue weighted by Gasteiger charge is -2.00. The van der Waals surface area contributed by atoms with Gasteiger partial charge in [0.1, 0.15) is 4.91 Å². The van der Waals surface area contributed by atoms with Crippen LogP contribution in [0, 0.1) is 5.41 Å². The van der Waals surface area contributed by atoms with Crippen molar-refractivity contribution in [2.75, 3.05) is 7.05 Å². The van der Waals surface area contributed by atoms with Gasteiger partial charge in [-0.25, -0.2) is 13.6 Å². The first-order chi connectivity index (χ1) is 4.89. The van der Waals surface area contributed by atoms with Gasteiger partial charge in [0.2, 0.25) is 10.0 Å². The molecule has 5 nitrogen and oxygen atoms in total. The van der Waals surface area contributed by atoms with Crippen LogP contribution in [0.3, 0.4) is 0 Å². The normalized spacial score (nSPS) is 12.8. The van der Waals surface area contributed by atoms with Gasteiger partial charge in [0.15, 0.2) is 0 Å². The van der Waals surface area contributed by atoms with Crippen molar-refractivity contribution in [3.05, 3.63) is 11.1 Å². The van der Waals surface area contributed by atoms with E-state index in [-0.39, 0.29) is 10.6 Å². The van der Waals surface area contributed by atoms with Gasteiger partial charge in [0.25, 0.3) is 0 Å². The van der Waals surface area contributed by atoms with E-state index in [0.717, 1.165) is 0 Å². The van der Waals surface area contributed by atoms with Crippen LogP contribution in [-0.4, -0.2) is 21.2 Å². The third-order valence-electron chi connectivity index (χ3n) is 0.952. The summed E-state index contributed by atoms with van der Waals surface area (Å²) in [6.07, 6.45) is 1.18. The summed E-state index contributed by atoms with van der Waals surface area (Å²) in [5.74, 6) is 0. The van der Waals surface area contributed by atoms with Crippen LogP contribution in [0.2, 0.25) is 0 Å². The summed E-state index contributed by atoms with van der Waals surface area (Å²) in [6, 6.07) is 0. The smallest absolute Gasteiger partial charge is 0.241 e. The summed E-state index contributed by atoms with van der Waals surface area (Å²) in [6.45, 7) is 1.35. The standard InChI is InChI=1S/C5H11N3O2S/c1-4(6)5(3-8-2)11(7,9)10/h3,6,8H,1-2H3,(H2,7,9,10)/b5-3+,6-4?. The Bertz CT molecular complexity index is 278. The minimum atomic E-state index is -3.75. The molecular weight excluding hydrogens is 166 g/mol. The van der Waals surface area contributed by atoms with Crippen molar-refractivity contribution in [2.24, 2.45) is 5.14 Å². The molecule has 6 heteroatoms. The van der Waals surface area contributed by atoms with Gasteiger partial charge in [-0.15, -0.1) is 0 Å². The third kappa shape index (κ3) is 3.15. The molecule has 0 aromatic heterocycles. The Morgan fingerprint density at radius 1 is 1.64 bits per heavy atom. The fourth-order valence-electron chi connectivity index (χ4n) is 0.535. The molecule has 0 rings (SSSR count). The Morgan fingerprint density at radius 2 is 2.09 bits per heavy atom. The Hall–Kier alpha value is -0.880. The number of allylic oxidation sites excluding steroid dienone is 1. The Labute approximate surface area is 65.8 Å². The predicted octanol–water partition coefficient (Wildman–Crippen LogP) is -0.625. The first-order valence-corrected chi connectivity index (χ1v) is 4.40. The van der Waals surface area contributed by atoms with E-state index in [1.807, 2.05) is 0 Å². The summed E-state index contributed by atoms with van der Waals surface area (Å²) in [5.41, 5.74) is -0.0816. The van der Waals surface area contributed by atoms with Crippen molar-refractivity contribution in [2.45, 2.75) is 6.92 Å². The highest BCUT2D eigenvalue weighted by molar-refractivity contribution is 7.94. The first-order valence-electron chi connectivity index (χ1n) is 2.85. The molecule has 0 amide bonds. The Morgan fingerprint density at radius 3 is 2.18 bits per heavy atom. The number of sulfonamides is 1. The van der Waals surface area contributed by atoms with E-state index < -0.39 is 10.0 Å². The van der Waals surface area contributed by atoms with E-state index in [4.69, 9.17) is 10.5 Å². The van der Waals surface area contributed by atoms with Crippen molar-refractivity contribution in [1.82, 2.24) is 5.32 Å². The quantitative estimate of drug-likeness (QED) is 0.501. The predicted molar refractivity (Wildman–Crippen MR) is 43.7 cm³/mol. The molecule has 0 saturated carbocycles. The van der Waals surface area contributed by atoms with Gasteiger partial charge in [-0.05, 0) is 6.92 Å². The van der Waals surface area contributed by atoms with E-state index in [2.05, 4.69) is 5.32 Å². The molecule has 0 aliphatic rings. The van der Waals surface area contributed by atoms with Gasteiger partial charge in [0.05, 0.1) is 0 Å². The zero-order valence-electron chi connectivity index (χ0n) is 6.38. The van der Waals surface area contributed by atoms with Crippen LogP contribution >= 0.6 is 0 Å². The van der Waals surface area contributed by atoms with Gasteiger partial charge in [0, 0.05) is 19.0 Å². The second kappa shape index (κ2) is 3.49. The molecule has 0 saturated heterocycles. The Kier molecular flexibility index (Phi) is 3.21. The van der Waals surface area contributed by atoms with E-state index in [0.29, 0.717) is 0 Å². The molecule has 0 spiro atoms. The summed E-state index contributed by atoms with van der Waals surface area (Å²) in [4.78, 5) is -0.194. The average Bonchev–Trinajstić information content (AvgIpc) is 1.79. The highest BCUT2D eigenvalue weighted by Crippen LogP contribution is 2.00. The molecule has 0 unspecified atom stereocenters. The Balaban J connectivity index is 4.95. The van der Waals surface area contributed by atoms with Crippen LogP contribution in [0.5, 0.6) is 0 Å². The lowest BCUT2D eigenvalue weighted by atomic mass is 10.4. The zero-order valence-corrected chi connectivity index (χ0v) is 7.20. The van der Waals surface area contributed by atoms with Gasteiger partial charge >= 0.3 is 0 Å². The first kappa shape index (κ1) is 10.1. The maximum atomic E-state index is 10.7. The molecule has 0 radical (unpaired) electrons. The van der Waals surface area contributed by atoms with Crippen LogP contribution in [0.4, 0.5) is 0 Å². The van der Waals surface area contributed by atoms with Gasteiger partial charge < -0.3 is 10.7 Å². The van der Waals surface area contributed by atoms with E-state index in [9.17, 15) is 8.42 Å². The second-order valence-electron chi connectivity index (χ2n) is 1.97. The molecule has 0 atom stereocenters. The van der Waals surface area contributed by atoms with Gasteiger partial charge in [-0.3, -0.25) is 0 Å². The summed E-state index contributed by atoms with van der Waals surface area (Å²) >= 11 is 0. The molecule has 11 heavy (non-hydrogen) atoms. The van der Waals surface area contributed by atoms with Gasteiger partial charge in [-0.1, -0.05) is 0 Å². The minimum Gasteiger partial charge on any atom is -0.393 e. The SMILES string of the molecule is CN/C=C(\C(C)=N)S(N)(=O)=O. The second-order valence-corrected chi connectivity index (χ2v) is 3.50. The van der Waals surface area contributed by atoms with E-state index >= 15 is 0 Å². The molecule has 0 aliphatic carbocycles. The fraction of sp³-hybridized carbons (Fsp3) is 0.400. The monoisotopic (exact) mass is 177 g/mol. The molecule has 4 N–H and O–H groups in total. The molecular formula is C5H11N3O2S. The van der Waals surface area contributed by atoms with Crippen molar-refractivity contribution in [3.8, 4) is 0 Å². The number of hydrogen-bond donors (Lipinski definition) is 3. The molecule has 0 bridgehead atoms. The summed E-state index contributed by atoms with van der Waals surface area (Å²) in [5, 5.41) is 14.3. The van der Waals surface area contributed by atoms with E-state index in [1.54, 1.807) is 0 Å². The molecule has 0 aromatic rings. The van der Waals surface area contributed by atoms with E-state index in [1.165, 1.54) is 20.2 Å². The van der Waals surface area contributed by atoms with Crippen molar-refractivity contribution in [1.29, 1.82) is 5.41 Å². The molecule has 0 aliphatic heterocycles. The zero-order chi connectivity index (χ0) is 9.07. The number of rotatable bonds is 3. The molecule has 0 aromatic carbocycles. The lowest BCUT2D eigenvalue weighted by Crippen LogP contribution is -2.20. The molecule has 0 fully saturated rings. The van der Waals surface area contributed by atoms with Crippen molar-refractivity contribution < 1.29 is 8.42 Å². The lowest BCUT2D eigenvalue weighted by molar-refractivity contribution is 0.605. The van der Waals surface area contributed by atoms with Gasteiger partial charge in [-0.2, -0.15) is 0 Å². The van der Waals surface area contributed by atoms with Crippen molar-refractivity contribution >= 4 is 15.7 Å². The highest BCUT2D eigenvalue weighted by atomic mass is 32.2. The minimum absolute atomic E-state index is 0.0816. The topological polar surface area (TPSA) is 96.0 Å². The van der Waals surface area contributed by atoms with Crippen LogP contribution in [0.25, 0.3) is 0 Å². The summed E-state index contributed by atoms with van der Waals surface area (Å²) < 4.78 is 21.4. The number of nitrogens with one attached hydrogen (secondary N) is 2. The van der Waals surface area contributed by atoms with Crippen LogP contribution in [-0.2, 0) is 10.0 Å². The van der Waals surface area contributed by atoms with Crippen molar-refractivity contribution in [3.63, 3.8) is 0 Å². The highest BCUT2D eigenvalue weighted by Gasteiger charge is 2.12. The maximum absolute atomic E-state index is 10.7. The molecule has 64 valence electrons. The number of hydrogen-bond acceptors (Lipinski definition) is 4.